The van der Waals surface area contributed by atoms with Crippen LogP contribution in [0.25, 0.3) is 0 Å². The second-order valence-electron chi connectivity index (χ2n) is 4.44. The van der Waals surface area contributed by atoms with E-state index >= 15 is 0 Å². The molecule has 0 spiro atoms. The molecule has 0 aromatic heterocycles. The van der Waals surface area contributed by atoms with E-state index in [1.54, 1.807) is 0 Å². The van der Waals surface area contributed by atoms with Crippen molar-refractivity contribution < 1.29 is 0 Å². The summed E-state index contributed by atoms with van der Waals surface area (Å²) in [4.78, 5) is 5.08. The van der Waals surface area contributed by atoms with Crippen LogP contribution in [0.3, 0.4) is 0 Å². The number of rotatable bonds is 1. The highest BCUT2D eigenvalue weighted by Gasteiger charge is 2.29. The summed E-state index contributed by atoms with van der Waals surface area (Å²) in [5, 5.41) is 3.52. The molecular formula is C10H23Cl2N3. The van der Waals surface area contributed by atoms with E-state index in [1.807, 2.05) is 0 Å². The largest absolute Gasteiger partial charge is 0.313 e. The zero-order valence-corrected chi connectivity index (χ0v) is 11.2. The summed E-state index contributed by atoms with van der Waals surface area (Å²) in [5.41, 5.74) is 0. The average molecular weight is 256 g/mol. The average Bonchev–Trinajstić information content (AvgIpc) is 2.53. The van der Waals surface area contributed by atoms with Gasteiger partial charge in [-0.3, -0.25) is 4.90 Å². The number of hydrogen-bond donors (Lipinski definition) is 1. The molecular weight excluding hydrogens is 233 g/mol. The van der Waals surface area contributed by atoms with E-state index in [0.29, 0.717) is 6.04 Å². The van der Waals surface area contributed by atoms with Gasteiger partial charge in [0.15, 0.2) is 0 Å². The second kappa shape index (κ2) is 6.92. The lowest BCUT2D eigenvalue weighted by Gasteiger charge is -2.37. The van der Waals surface area contributed by atoms with Crippen LogP contribution in [0, 0.1) is 0 Å². The van der Waals surface area contributed by atoms with Crippen molar-refractivity contribution in [1.29, 1.82) is 0 Å². The molecule has 2 atom stereocenters. The van der Waals surface area contributed by atoms with Crippen LogP contribution in [0.1, 0.15) is 13.3 Å². The predicted octanol–water partition coefficient (Wildman–Crippen LogP) is 0.828. The first-order valence-corrected chi connectivity index (χ1v) is 5.43. The van der Waals surface area contributed by atoms with Gasteiger partial charge >= 0.3 is 0 Å². The fourth-order valence-electron chi connectivity index (χ4n) is 2.50. The molecule has 0 bridgehead atoms. The molecule has 0 radical (unpaired) electrons. The highest BCUT2D eigenvalue weighted by molar-refractivity contribution is 5.85. The molecule has 0 amide bonds. The summed E-state index contributed by atoms with van der Waals surface area (Å²) >= 11 is 0. The van der Waals surface area contributed by atoms with Crippen molar-refractivity contribution in [2.45, 2.75) is 25.4 Å². The molecule has 2 fully saturated rings. The SMILES string of the molecule is C[C@H]1NCC[C@H]1N1CCN(C)CC1.Cl.Cl. The number of hydrogen-bond acceptors (Lipinski definition) is 3. The van der Waals surface area contributed by atoms with E-state index in [0.717, 1.165) is 6.04 Å². The summed E-state index contributed by atoms with van der Waals surface area (Å²) in [6.45, 7) is 8.51. The molecule has 2 saturated heterocycles. The van der Waals surface area contributed by atoms with Crippen LogP contribution in [0.15, 0.2) is 0 Å². The van der Waals surface area contributed by atoms with Gasteiger partial charge in [-0.1, -0.05) is 0 Å². The van der Waals surface area contributed by atoms with Crippen LogP contribution in [0.2, 0.25) is 0 Å². The van der Waals surface area contributed by atoms with Crippen molar-refractivity contribution >= 4 is 24.8 Å². The van der Waals surface area contributed by atoms with Gasteiger partial charge in [0.2, 0.25) is 0 Å². The Morgan fingerprint density at radius 2 is 1.67 bits per heavy atom. The minimum absolute atomic E-state index is 0. The Balaban J connectivity index is 0.000000980. The first-order chi connectivity index (χ1) is 6.27. The maximum absolute atomic E-state index is 3.52. The Morgan fingerprint density at radius 1 is 1.07 bits per heavy atom. The highest BCUT2D eigenvalue weighted by Crippen LogP contribution is 2.16. The molecule has 92 valence electrons. The van der Waals surface area contributed by atoms with Crippen LogP contribution in [0.5, 0.6) is 0 Å². The van der Waals surface area contributed by atoms with Crippen LogP contribution < -0.4 is 5.32 Å². The molecule has 0 aliphatic carbocycles. The lowest BCUT2D eigenvalue weighted by molar-refractivity contribution is 0.107. The first-order valence-electron chi connectivity index (χ1n) is 5.43. The van der Waals surface area contributed by atoms with Crippen molar-refractivity contribution in [3.05, 3.63) is 0 Å². The van der Waals surface area contributed by atoms with Crippen molar-refractivity contribution in [2.24, 2.45) is 0 Å². The molecule has 0 unspecified atom stereocenters. The lowest BCUT2D eigenvalue weighted by Crippen LogP contribution is -2.51. The normalized spacial score (nSPS) is 33.2. The van der Waals surface area contributed by atoms with Crippen LogP contribution in [-0.2, 0) is 0 Å². The monoisotopic (exact) mass is 255 g/mol. The van der Waals surface area contributed by atoms with E-state index in [1.165, 1.54) is 39.1 Å². The van der Waals surface area contributed by atoms with E-state index in [2.05, 4.69) is 29.1 Å². The van der Waals surface area contributed by atoms with E-state index in [4.69, 9.17) is 0 Å². The van der Waals surface area contributed by atoms with Crippen molar-refractivity contribution in [3.8, 4) is 0 Å². The molecule has 15 heavy (non-hydrogen) atoms. The zero-order valence-electron chi connectivity index (χ0n) is 9.61. The smallest absolute Gasteiger partial charge is 0.0259 e. The molecule has 5 heteroatoms. The molecule has 2 heterocycles. The van der Waals surface area contributed by atoms with E-state index < -0.39 is 0 Å². The summed E-state index contributed by atoms with van der Waals surface area (Å²) in [6, 6.07) is 1.50. The van der Waals surface area contributed by atoms with E-state index in [-0.39, 0.29) is 24.8 Å². The van der Waals surface area contributed by atoms with Gasteiger partial charge in [-0.2, -0.15) is 0 Å². The van der Waals surface area contributed by atoms with Crippen molar-refractivity contribution in [1.82, 2.24) is 15.1 Å². The fourth-order valence-corrected chi connectivity index (χ4v) is 2.50. The molecule has 2 aliphatic heterocycles. The zero-order chi connectivity index (χ0) is 9.26. The third-order valence-corrected chi connectivity index (χ3v) is 3.49. The Morgan fingerprint density at radius 3 is 2.13 bits per heavy atom. The molecule has 2 rings (SSSR count). The van der Waals surface area contributed by atoms with E-state index in [9.17, 15) is 0 Å². The standard InChI is InChI=1S/C10H21N3.2ClH/c1-9-10(3-4-11-9)13-7-5-12(2)6-8-13;;/h9-11H,3-8H2,1-2H3;2*1H/t9-,10-;;/m1../s1. The molecule has 3 nitrogen and oxygen atoms in total. The quantitative estimate of drug-likeness (QED) is 0.749. The summed E-state index contributed by atoms with van der Waals surface area (Å²) in [7, 11) is 2.22. The van der Waals surface area contributed by atoms with Gasteiger partial charge in [-0.05, 0) is 26.9 Å². The minimum Gasteiger partial charge on any atom is -0.313 e. The lowest BCUT2D eigenvalue weighted by atomic mass is 10.1. The second-order valence-corrected chi connectivity index (χ2v) is 4.44. The Bertz CT molecular complexity index is 172. The third-order valence-electron chi connectivity index (χ3n) is 3.49. The van der Waals surface area contributed by atoms with Gasteiger partial charge in [-0.25, -0.2) is 0 Å². The summed E-state index contributed by atoms with van der Waals surface area (Å²) in [6.07, 6.45) is 1.34. The topological polar surface area (TPSA) is 18.5 Å². The highest BCUT2D eigenvalue weighted by atomic mass is 35.5. The maximum Gasteiger partial charge on any atom is 0.0259 e. The molecule has 0 saturated carbocycles. The minimum atomic E-state index is 0. The summed E-state index contributed by atoms with van der Waals surface area (Å²) < 4.78 is 0. The fraction of sp³-hybridized carbons (Fsp3) is 1.00. The molecule has 0 aromatic rings. The summed E-state index contributed by atoms with van der Waals surface area (Å²) in [5.74, 6) is 0. The number of nitrogens with zero attached hydrogens (tertiary/aromatic N) is 2. The molecule has 0 aromatic carbocycles. The van der Waals surface area contributed by atoms with Crippen LogP contribution in [-0.4, -0.2) is 61.7 Å². The van der Waals surface area contributed by atoms with Gasteiger partial charge in [-0.15, -0.1) is 24.8 Å². The van der Waals surface area contributed by atoms with Gasteiger partial charge in [0.1, 0.15) is 0 Å². The van der Waals surface area contributed by atoms with Crippen molar-refractivity contribution in [3.63, 3.8) is 0 Å². The molecule has 1 N–H and O–H groups in total. The van der Waals surface area contributed by atoms with Crippen molar-refractivity contribution in [2.75, 3.05) is 39.8 Å². The van der Waals surface area contributed by atoms with Gasteiger partial charge in [0.05, 0.1) is 0 Å². The Kier molecular flexibility index (Phi) is 7.13. The Hall–Kier alpha value is 0.460. The number of halogens is 2. The number of nitrogens with one attached hydrogen (secondary N) is 1. The molecule has 2 aliphatic rings. The Labute approximate surface area is 105 Å². The first kappa shape index (κ1) is 15.5. The van der Waals surface area contributed by atoms with Gasteiger partial charge in [0, 0.05) is 38.3 Å². The van der Waals surface area contributed by atoms with Crippen LogP contribution in [0.4, 0.5) is 0 Å². The number of likely N-dealkylation sites (N-methyl/N-ethyl adjacent to an activating group) is 1. The van der Waals surface area contributed by atoms with Crippen LogP contribution >= 0.6 is 24.8 Å². The van der Waals surface area contributed by atoms with Gasteiger partial charge in [0.25, 0.3) is 0 Å². The number of piperazine rings is 1. The predicted molar refractivity (Wildman–Crippen MR) is 69.4 cm³/mol. The maximum atomic E-state index is 3.52. The van der Waals surface area contributed by atoms with Gasteiger partial charge < -0.3 is 10.2 Å². The third kappa shape index (κ3) is 3.75.